The number of hydrogen-bond donors (Lipinski definition) is 2. The Morgan fingerprint density at radius 2 is 1.42 bits per heavy atom. The summed E-state index contributed by atoms with van der Waals surface area (Å²) in [6, 6.07) is 7.70. The van der Waals surface area contributed by atoms with Crippen LogP contribution in [0.25, 0.3) is 0 Å². The number of halogens is 1. The van der Waals surface area contributed by atoms with Gasteiger partial charge >= 0.3 is 12.2 Å². The van der Waals surface area contributed by atoms with Gasteiger partial charge in [-0.05, 0) is 75.8 Å². The van der Waals surface area contributed by atoms with Crippen molar-refractivity contribution in [3.8, 4) is 0 Å². The van der Waals surface area contributed by atoms with Crippen molar-refractivity contribution in [3.63, 3.8) is 0 Å². The summed E-state index contributed by atoms with van der Waals surface area (Å²) in [6.07, 6.45) is -1.43. The van der Waals surface area contributed by atoms with Crippen molar-refractivity contribution >= 4 is 40.7 Å². The zero-order valence-corrected chi connectivity index (χ0v) is 18.1. The molecular formula is C18H26IN3O4. The van der Waals surface area contributed by atoms with E-state index in [2.05, 4.69) is 38.2 Å². The number of alkyl carbamates (subject to hydrolysis) is 2. The highest BCUT2D eigenvalue weighted by atomic mass is 127. The van der Waals surface area contributed by atoms with E-state index in [9.17, 15) is 9.59 Å². The van der Waals surface area contributed by atoms with Crippen molar-refractivity contribution < 1.29 is 19.1 Å². The minimum atomic E-state index is -0.713. The number of rotatable bonds is 2. The van der Waals surface area contributed by atoms with Crippen molar-refractivity contribution in [2.24, 2.45) is 4.99 Å². The Labute approximate surface area is 168 Å². The zero-order valence-electron chi connectivity index (χ0n) is 16.0. The third-order valence-corrected chi connectivity index (χ3v) is 3.66. The first-order valence-corrected chi connectivity index (χ1v) is 9.21. The molecule has 0 spiro atoms. The third-order valence-electron chi connectivity index (χ3n) is 2.60. The summed E-state index contributed by atoms with van der Waals surface area (Å²) >= 11 is 2.20. The molecule has 0 fully saturated rings. The summed E-state index contributed by atoms with van der Waals surface area (Å²) in [7, 11) is 0. The number of carbonyl (C=O) groups excluding carboxylic acids is 2. The Morgan fingerprint density at radius 3 is 1.85 bits per heavy atom. The molecule has 0 unspecified atom stereocenters. The number of nitrogens with zero attached hydrogens (tertiary/aromatic N) is 1. The van der Waals surface area contributed by atoms with E-state index < -0.39 is 23.4 Å². The molecule has 8 heteroatoms. The van der Waals surface area contributed by atoms with Crippen LogP contribution in [0.15, 0.2) is 29.3 Å². The van der Waals surface area contributed by atoms with Gasteiger partial charge < -0.3 is 9.47 Å². The van der Waals surface area contributed by atoms with Crippen LogP contribution in [0.4, 0.5) is 9.59 Å². The molecule has 0 atom stereocenters. The molecule has 0 aliphatic carbocycles. The molecule has 1 aromatic rings. The van der Waals surface area contributed by atoms with E-state index in [1.54, 1.807) is 41.5 Å². The van der Waals surface area contributed by atoms with Crippen LogP contribution in [0.5, 0.6) is 0 Å². The lowest BCUT2D eigenvalue weighted by Gasteiger charge is -2.22. The number of amides is 2. The molecule has 7 nitrogen and oxygen atoms in total. The van der Waals surface area contributed by atoms with Crippen LogP contribution >= 0.6 is 22.6 Å². The number of aliphatic imine (C=N–C) groups is 1. The smallest absolute Gasteiger partial charge is 0.414 e. The molecule has 0 aliphatic rings. The van der Waals surface area contributed by atoms with Gasteiger partial charge in [-0.2, -0.15) is 0 Å². The van der Waals surface area contributed by atoms with Gasteiger partial charge in [0.15, 0.2) is 0 Å². The quantitative estimate of drug-likeness (QED) is 0.381. The second kappa shape index (κ2) is 9.20. The highest BCUT2D eigenvalue weighted by Crippen LogP contribution is 2.12. The Bertz CT molecular complexity index is 644. The molecule has 0 heterocycles. The largest absolute Gasteiger partial charge is 0.444 e. The van der Waals surface area contributed by atoms with Gasteiger partial charge in [0.2, 0.25) is 5.96 Å². The first kappa shape index (κ1) is 22.2. The van der Waals surface area contributed by atoms with Crippen molar-refractivity contribution in [3.05, 3.63) is 33.4 Å². The first-order valence-electron chi connectivity index (χ1n) is 8.13. The molecule has 0 saturated heterocycles. The standard InChI is InChI=1S/C18H26IN3O4/c1-17(2,3)25-15(23)21-14(22-16(24)26-18(4,5)6)20-11-12-9-7-8-10-13(12)19/h7-10H,11H2,1-6H3,(H2,20,21,22,23,24). The predicted octanol–water partition coefficient (Wildman–Crippen LogP) is 4.20. The van der Waals surface area contributed by atoms with Crippen molar-refractivity contribution in [1.29, 1.82) is 0 Å². The number of carbonyl (C=O) groups is 2. The summed E-state index contributed by atoms with van der Waals surface area (Å²) in [5.74, 6) is -0.0341. The molecule has 26 heavy (non-hydrogen) atoms. The van der Waals surface area contributed by atoms with E-state index in [1.807, 2.05) is 24.3 Å². The van der Waals surface area contributed by atoms with Gasteiger partial charge in [0, 0.05) is 3.57 Å². The fraction of sp³-hybridized carbons (Fsp3) is 0.500. The van der Waals surface area contributed by atoms with Crippen molar-refractivity contribution in [1.82, 2.24) is 10.6 Å². The Morgan fingerprint density at radius 1 is 0.962 bits per heavy atom. The van der Waals surface area contributed by atoms with Gasteiger partial charge in [0.05, 0.1) is 6.54 Å². The van der Waals surface area contributed by atoms with Gasteiger partial charge in [-0.15, -0.1) is 0 Å². The molecule has 1 aromatic carbocycles. The zero-order chi connectivity index (χ0) is 20.0. The highest BCUT2D eigenvalue weighted by molar-refractivity contribution is 14.1. The van der Waals surface area contributed by atoms with E-state index in [-0.39, 0.29) is 12.5 Å². The monoisotopic (exact) mass is 475 g/mol. The fourth-order valence-corrected chi connectivity index (χ4v) is 2.26. The van der Waals surface area contributed by atoms with E-state index in [1.165, 1.54) is 0 Å². The van der Waals surface area contributed by atoms with Crippen LogP contribution in [-0.4, -0.2) is 29.3 Å². The first-order chi connectivity index (χ1) is 11.9. The van der Waals surface area contributed by atoms with Crippen LogP contribution in [0, 0.1) is 3.57 Å². The molecule has 2 N–H and O–H groups in total. The maximum Gasteiger partial charge on any atom is 0.414 e. The molecular weight excluding hydrogens is 449 g/mol. The van der Waals surface area contributed by atoms with Crippen molar-refractivity contribution in [2.75, 3.05) is 0 Å². The third kappa shape index (κ3) is 9.59. The van der Waals surface area contributed by atoms with Gasteiger partial charge in [0.1, 0.15) is 11.2 Å². The number of benzene rings is 1. The van der Waals surface area contributed by atoms with Crippen LogP contribution < -0.4 is 10.6 Å². The van der Waals surface area contributed by atoms with Crippen LogP contribution in [0.2, 0.25) is 0 Å². The predicted molar refractivity (Wildman–Crippen MR) is 109 cm³/mol. The average molecular weight is 475 g/mol. The highest BCUT2D eigenvalue weighted by Gasteiger charge is 2.21. The molecule has 144 valence electrons. The average Bonchev–Trinajstić information content (AvgIpc) is 2.41. The van der Waals surface area contributed by atoms with Gasteiger partial charge in [0.25, 0.3) is 0 Å². The Balaban J connectivity index is 2.90. The molecule has 0 bridgehead atoms. The van der Waals surface area contributed by atoms with Gasteiger partial charge in [-0.25, -0.2) is 14.6 Å². The summed E-state index contributed by atoms with van der Waals surface area (Å²) in [4.78, 5) is 28.3. The van der Waals surface area contributed by atoms with Crippen LogP contribution in [0.3, 0.4) is 0 Å². The maximum absolute atomic E-state index is 12.0. The second-order valence-electron chi connectivity index (χ2n) is 7.51. The van der Waals surface area contributed by atoms with E-state index >= 15 is 0 Å². The van der Waals surface area contributed by atoms with E-state index in [0.29, 0.717) is 0 Å². The second-order valence-corrected chi connectivity index (χ2v) is 8.67. The Hall–Kier alpha value is -1.84. The lowest BCUT2D eigenvalue weighted by Crippen LogP contribution is -2.47. The van der Waals surface area contributed by atoms with E-state index in [0.717, 1.165) is 9.13 Å². The van der Waals surface area contributed by atoms with E-state index in [4.69, 9.17) is 9.47 Å². The summed E-state index contributed by atoms with van der Waals surface area (Å²) in [5.41, 5.74) is -0.381. The van der Waals surface area contributed by atoms with Crippen LogP contribution in [-0.2, 0) is 16.0 Å². The molecule has 1 rings (SSSR count). The Kier molecular flexibility index (Phi) is 7.86. The van der Waals surface area contributed by atoms with Gasteiger partial charge in [-0.3, -0.25) is 10.6 Å². The topological polar surface area (TPSA) is 89.0 Å². The molecule has 0 saturated carbocycles. The summed E-state index contributed by atoms with van der Waals surface area (Å²) < 4.78 is 11.4. The molecule has 0 radical (unpaired) electrons. The number of nitrogens with one attached hydrogen (secondary N) is 2. The van der Waals surface area contributed by atoms with Crippen LogP contribution in [0.1, 0.15) is 47.1 Å². The molecule has 0 aromatic heterocycles. The molecule has 0 aliphatic heterocycles. The van der Waals surface area contributed by atoms with Crippen molar-refractivity contribution in [2.45, 2.75) is 59.3 Å². The lowest BCUT2D eigenvalue weighted by molar-refractivity contribution is 0.0545. The summed E-state index contributed by atoms with van der Waals surface area (Å²) in [5, 5.41) is 4.91. The summed E-state index contributed by atoms with van der Waals surface area (Å²) in [6.45, 7) is 10.8. The lowest BCUT2D eigenvalue weighted by atomic mass is 10.2. The number of ether oxygens (including phenoxy) is 2. The number of guanidine groups is 1. The normalized spacial score (nSPS) is 11.3. The SMILES string of the molecule is CC(C)(C)OC(=O)NC(=NCc1ccccc1I)NC(=O)OC(C)(C)C. The number of hydrogen-bond acceptors (Lipinski definition) is 5. The minimum Gasteiger partial charge on any atom is -0.444 e. The van der Waals surface area contributed by atoms with Gasteiger partial charge in [-0.1, -0.05) is 18.2 Å². The maximum atomic E-state index is 12.0. The fourth-order valence-electron chi connectivity index (χ4n) is 1.70. The minimum absolute atomic E-state index is 0.0341. The molecule has 2 amide bonds.